The summed E-state index contributed by atoms with van der Waals surface area (Å²) >= 11 is 0. The molecule has 2 aliphatic rings. The van der Waals surface area contributed by atoms with E-state index in [1.54, 1.807) is 12.3 Å². The molecule has 9 heteroatoms. The normalized spacial score (nSPS) is 36.4. The third-order valence-corrected chi connectivity index (χ3v) is 5.01. The first-order chi connectivity index (χ1) is 7.23. The number of hydrogen-bond donors (Lipinski definition) is 0. The van der Waals surface area contributed by atoms with Crippen LogP contribution in [0, 0.1) is 0 Å². The largest absolute Gasteiger partial charge is 0.307 e. The summed E-state index contributed by atoms with van der Waals surface area (Å²) in [6.45, 7) is 0. The van der Waals surface area contributed by atoms with Crippen molar-refractivity contribution in [3.63, 3.8) is 0 Å². The summed E-state index contributed by atoms with van der Waals surface area (Å²) in [5.41, 5.74) is 16.9. The number of amides is 1. The van der Waals surface area contributed by atoms with E-state index in [1.165, 1.54) is 4.90 Å². The molecule has 78 valence electrons. The average Bonchev–Trinajstić information content (AvgIpc) is 2.20. The topological polar surface area (TPSA) is 118 Å². The lowest BCUT2D eigenvalue weighted by molar-refractivity contribution is -0.137. The minimum absolute atomic E-state index is 0.0332. The standard InChI is InChI=1S/C6H7N7OS/c7-9-11-15(12-10-8)3-1-2-13-5(14)4-6(13)15/h1-2,6H,3-4H2. The van der Waals surface area contributed by atoms with Crippen LogP contribution in [-0.2, 0) is 4.79 Å². The molecule has 1 atom stereocenters. The third kappa shape index (κ3) is 1.30. The molecule has 0 aromatic carbocycles. The van der Waals surface area contributed by atoms with Crippen molar-refractivity contribution in [2.24, 2.45) is 9.04 Å². The van der Waals surface area contributed by atoms with Crippen molar-refractivity contribution in [3.8, 4) is 0 Å². The van der Waals surface area contributed by atoms with E-state index in [4.69, 9.17) is 11.1 Å². The zero-order valence-corrected chi connectivity index (χ0v) is 8.41. The van der Waals surface area contributed by atoms with Crippen LogP contribution in [0.3, 0.4) is 0 Å². The van der Waals surface area contributed by atoms with Gasteiger partial charge in [0.1, 0.15) is 0 Å². The quantitative estimate of drug-likeness (QED) is 0.305. The Hall–Kier alpha value is -1.82. The smallest absolute Gasteiger partial charge is 0.230 e. The minimum atomic E-state index is -2.14. The Bertz CT molecular complexity index is 415. The molecule has 1 fully saturated rings. The van der Waals surface area contributed by atoms with Crippen LogP contribution in [0.4, 0.5) is 0 Å². The first-order valence-electron chi connectivity index (χ1n) is 4.14. The second-order valence-electron chi connectivity index (χ2n) is 3.07. The van der Waals surface area contributed by atoms with E-state index in [2.05, 4.69) is 18.9 Å². The Morgan fingerprint density at radius 3 is 2.67 bits per heavy atom. The Labute approximate surface area is 86.4 Å². The van der Waals surface area contributed by atoms with Crippen molar-refractivity contribution in [2.45, 2.75) is 11.8 Å². The molecule has 8 nitrogen and oxygen atoms in total. The maximum Gasteiger partial charge on any atom is 0.230 e. The Kier molecular flexibility index (Phi) is 2.20. The van der Waals surface area contributed by atoms with Gasteiger partial charge in [-0.3, -0.25) is 4.79 Å². The monoisotopic (exact) mass is 225 g/mol. The van der Waals surface area contributed by atoms with E-state index >= 15 is 0 Å². The summed E-state index contributed by atoms with van der Waals surface area (Å²) in [5.74, 6) is 0.379. The summed E-state index contributed by atoms with van der Waals surface area (Å²) in [4.78, 5) is 18.1. The average molecular weight is 225 g/mol. The SMILES string of the molecule is [N-]=[N+]=NS1(N=[N+]=[N-])CC=CN2C(=O)CC21. The van der Waals surface area contributed by atoms with E-state index < -0.39 is 10.4 Å². The number of carbonyl (C=O) groups is 1. The van der Waals surface area contributed by atoms with Gasteiger partial charge in [0.15, 0.2) is 0 Å². The number of azide groups is 1. The molecule has 2 heterocycles. The van der Waals surface area contributed by atoms with Crippen LogP contribution in [0.5, 0.6) is 0 Å². The molecule has 0 aromatic rings. The predicted octanol–water partition coefficient (Wildman–Crippen LogP) is 2.33. The molecule has 0 N–H and O–H groups in total. The number of fused-ring (bicyclic) bond motifs is 1. The summed E-state index contributed by atoms with van der Waals surface area (Å²) in [6.07, 6.45) is 3.64. The number of nitrogens with zero attached hydrogens (tertiary/aromatic N) is 7. The Morgan fingerprint density at radius 1 is 1.47 bits per heavy atom. The van der Waals surface area contributed by atoms with Gasteiger partial charge in [-0.2, -0.15) is 0 Å². The van der Waals surface area contributed by atoms with Gasteiger partial charge in [0, 0.05) is 21.8 Å². The number of carbonyl (C=O) groups excluding carboxylic acids is 1. The Balaban J connectivity index is 2.42. The first kappa shape index (κ1) is 9.72. The zero-order valence-electron chi connectivity index (χ0n) is 7.59. The van der Waals surface area contributed by atoms with Crippen LogP contribution >= 0.6 is 10.4 Å². The van der Waals surface area contributed by atoms with E-state index in [-0.39, 0.29) is 17.7 Å². The van der Waals surface area contributed by atoms with Gasteiger partial charge in [0.25, 0.3) is 0 Å². The second kappa shape index (κ2) is 3.39. The van der Waals surface area contributed by atoms with E-state index in [0.29, 0.717) is 5.75 Å². The predicted molar refractivity (Wildman–Crippen MR) is 55.1 cm³/mol. The van der Waals surface area contributed by atoms with Gasteiger partial charge in [0.2, 0.25) is 5.91 Å². The third-order valence-electron chi connectivity index (χ3n) is 2.35. The van der Waals surface area contributed by atoms with E-state index in [9.17, 15) is 4.79 Å². The van der Waals surface area contributed by atoms with Gasteiger partial charge in [0.05, 0.1) is 11.8 Å². The van der Waals surface area contributed by atoms with Crippen LogP contribution in [-0.4, -0.2) is 21.9 Å². The van der Waals surface area contributed by atoms with Gasteiger partial charge in [-0.15, -0.1) is 0 Å². The van der Waals surface area contributed by atoms with Crippen LogP contribution in [0.1, 0.15) is 6.42 Å². The number of hydrogen-bond acceptors (Lipinski definition) is 3. The lowest BCUT2D eigenvalue weighted by atomic mass is 10.2. The summed E-state index contributed by atoms with van der Waals surface area (Å²) < 4.78 is 7.24. The molecule has 0 spiro atoms. The van der Waals surface area contributed by atoms with Crippen molar-refractivity contribution in [1.29, 1.82) is 0 Å². The molecule has 2 aliphatic heterocycles. The van der Waals surface area contributed by atoms with Crippen LogP contribution in [0.15, 0.2) is 21.3 Å². The molecule has 15 heavy (non-hydrogen) atoms. The molecular weight excluding hydrogens is 218 g/mol. The van der Waals surface area contributed by atoms with Gasteiger partial charge >= 0.3 is 0 Å². The number of rotatable bonds is 2. The van der Waals surface area contributed by atoms with E-state index in [0.717, 1.165) is 0 Å². The highest BCUT2D eigenvalue weighted by Crippen LogP contribution is 2.62. The summed E-state index contributed by atoms with van der Waals surface area (Å²) in [5, 5.41) is -0.248. The molecule has 0 radical (unpaired) electrons. The molecule has 1 amide bonds. The van der Waals surface area contributed by atoms with Gasteiger partial charge in [-0.25, -0.2) is 0 Å². The van der Waals surface area contributed by atoms with E-state index in [1.807, 2.05) is 0 Å². The lowest BCUT2D eigenvalue weighted by Crippen LogP contribution is -2.52. The van der Waals surface area contributed by atoms with Crippen molar-refractivity contribution < 1.29 is 4.79 Å². The second-order valence-corrected chi connectivity index (χ2v) is 5.71. The molecule has 0 bridgehead atoms. The molecule has 0 saturated carbocycles. The molecule has 2 rings (SSSR count). The highest BCUT2D eigenvalue weighted by Gasteiger charge is 2.47. The fraction of sp³-hybridized carbons (Fsp3) is 0.500. The van der Waals surface area contributed by atoms with Crippen molar-refractivity contribution in [3.05, 3.63) is 33.2 Å². The highest BCUT2D eigenvalue weighted by atomic mass is 32.3. The molecular formula is C6H7N7OS. The highest BCUT2D eigenvalue weighted by molar-refractivity contribution is 8.32. The van der Waals surface area contributed by atoms with Gasteiger partial charge < -0.3 is 4.90 Å². The zero-order chi connectivity index (χ0) is 10.9. The molecule has 1 unspecified atom stereocenters. The van der Waals surface area contributed by atoms with Crippen molar-refractivity contribution in [1.82, 2.24) is 4.90 Å². The fourth-order valence-electron chi connectivity index (χ4n) is 1.62. The maximum absolute atomic E-state index is 11.2. The van der Waals surface area contributed by atoms with Crippen LogP contribution in [0.25, 0.3) is 20.9 Å². The fourth-order valence-corrected chi connectivity index (χ4v) is 3.81. The van der Waals surface area contributed by atoms with Gasteiger partial charge in [-0.1, -0.05) is 16.5 Å². The summed E-state index contributed by atoms with van der Waals surface area (Å²) in [7, 11) is -2.14. The van der Waals surface area contributed by atoms with Crippen LogP contribution < -0.4 is 0 Å². The summed E-state index contributed by atoms with van der Waals surface area (Å²) in [6, 6.07) is 0. The number of β-lactam (4-membered cyclic amide) rings is 1. The molecule has 0 aliphatic carbocycles. The van der Waals surface area contributed by atoms with Gasteiger partial charge in [-0.05, 0) is 20.1 Å². The molecule has 1 saturated heterocycles. The van der Waals surface area contributed by atoms with Crippen molar-refractivity contribution in [2.75, 3.05) is 5.75 Å². The van der Waals surface area contributed by atoms with Crippen molar-refractivity contribution >= 4 is 16.3 Å². The first-order valence-corrected chi connectivity index (χ1v) is 5.92. The Morgan fingerprint density at radius 2 is 2.13 bits per heavy atom. The lowest BCUT2D eigenvalue weighted by Gasteiger charge is -2.50. The molecule has 0 aromatic heterocycles. The van der Waals surface area contributed by atoms with Crippen LogP contribution in [0.2, 0.25) is 0 Å². The minimum Gasteiger partial charge on any atom is -0.307 e. The maximum atomic E-state index is 11.2.